The number of nitrogens with zero attached hydrogens (tertiary/aromatic N) is 4. The Morgan fingerprint density at radius 3 is 2.71 bits per heavy atom. The summed E-state index contributed by atoms with van der Waals surface area (Å²) in [5, 5.41) is 0.644. The molecule has 0 atom stereocenters. The van der Waals surface area contributed by atoms with Gasteiger partial charge in [0.25, 0.3) is 5.89 Å². The van der Waals surface area contributed by atoms with Crippen LogP contribution in [0.25, 0.3) is 27.6 Å². The van der Waals surface area contributed by atoms with E-state index in [9.17, 15) is 0 Å². The van der Waals surface area contributed by atoms with Crippen LogP contribution >= 0.6 is 11.6 Å². The second-order valence-corrected chi connectivity index (χ2v) is 5.71. The fraction of sp³-hybridized carbons (Fsp3) is 0.0556. The Hall–Kier alpha value is -3.10. The van der Waals surface area contributed by atoms with Crippen molar-refractivity contribution in [2.45, 2.75) is 6.54 Å². The Labute approximate surface area is 143 Å². The zero-order valence-electron chi connectivity index (χ0n) is 12.5. The van der Waals surface area contributed by atoms with Gasteiger partial charge in [-0.2, -0.15) is 0 Å². The maximum absolute atomic E-state index is 7.05. The zero-order chi connectivity index (χ0) is 16.5. The monoisotopic (exact) mass is 334 g/mol. The minimum Gasteiger partial charge on any atom is -0.442 e. The van der Waals surface area contributed by atoms with Gasteiger partial charge in [-0.25, -0.2) is 14.8 Å². The number of rotatable bonds is 3. The summed E-state index contributed by atoms with van der Waals surface area (Å²) in [7, 11) is 0. The molecule has 2 aromatic carbocycles. The van der Waals surface area contributed by atoms with Crippen LogP contribution in [0, 0.1) is 6.57 Å². The van der Waals surface area contributed by atoms with Crippen molar-refractivity contribution in [3.8, 4) is 11.7 Å². The molecule has 0 unspecified atom stereocenters. The number of benzene rings is 2. The van der Waals surface area contributed by atoms with E-state index in [0.29, 0.717) is 29.0 Å². The van der Waals surface area contributed by atoms with Crippen LogP contribution in [-0.2, 0) is 6.54 Å². The number of imidazole rings is 1. The minimum absolute atomic E-state index is 0.458. The standard InChI is InChI=1S/C18H11ClN4O/c1-20-14-5-2-12(3-6-14)11-23-16-10-13(19)4-7-15(16)22-17(23)18-21-8-9-24-18/h2-10H,11H2. The highest BCUT2D eigenvalue weighted by Gasteiger charge is 2.16. The van der Waals surface area contributed by atoms with Crippen LogP contribution in [0.15, 0.2) is 59.3 Å². The lowest BCUT2D eigenvalue weighted by Crippen LogP contribution is -2.02. The molecule has 0 fully saturated rings. The molecule has 5 nitrogen and oxygen atoms in total. The topological polar surface area (TPSA) is 48.2 Å². The zero-order valence-corrected chi connectivity index (χ0v) is 13.2. The van der Waals surface area contributed by atoms with Crippen molar-refractivity contribution in [2.24, 2.45) is 0 Å². The molecular weight excluding hydrogens is 324 g/mol. The van der Waals surface area contributed by atoms with Crippen LogP contribution in [0.1, 0.15) is 5.56 Å². The molecule has 2 aromatic heterocycles. The predicted octanol–water partition coefficient (Wildman–Crippen LogP) is 4.94. The smallest absolute Gasteiger partial charge is 0.263 e. The maximum atomic E-state index is 7.05. The molecule has 0 saturated heterocycles. The Kier molecular flexibility index (Phi) is 3.52. The first-order valence-electron chi connectivity index (χ1n) is 7.26. The molecular formula is C18H11ClN4O. The number of aromatic nitrogens is 3. The summed E-state index contributed by atoms with van der Waals surface area (Å²) < 4.78 is 7.44. The summed E-state index contributed by atoms with van der Waals surface area (Å²) in [5.41, 5.74) is 3.40. The normalized spacial score (nSPS) is 10.8. The number of hydrogen-bond acceptors (Lipinski definition) is 3. The summed E-state index contributed by atoms with van der Waals surface area (Å²) in [5.74, 6) is 1.10. The van der Waals surface area contributed by atoms with Gasteiger partial charge in [0.2, 0.25) is 0 Å². The first-order valence-corrected chi connectivity index (χ1v) is 7.64. The molecule has 0 saturated carbocycles. The summed E-state index contributed by atoms with van der Waals surface area (Å²) in [6, 6.07) is 13.0. The highest BCUT2D eigenvalue weighted by atomic mass is 35.5. The molecule has 6 heteroatoms. The minimum atomic E-state index is 0.458. The van der Waals surface area contributed by atoms with Crippen molar-refractivity contribution in [2.75, 3.05) is 0 Å². The predicted molar refractivity (Wildman–Crippen MR) is 92.0 cm³/mol. The van der Waals surface area contributed by atoms with Crippen LogP contribution in [0.2, 0.25) is 5.02 Å². The molecule has 0 amide bonds. The second-order valence-electron chi connectivity index (χ2n) is 5.27. The summed E-state index contributed by atoms with van der Waals surface area (Å²) in [6.45, 7) is 7.62. The first-order chi connectivity index (χ1) is 11.7. The van der Waals surface area contributed by atoms with Crippen molar-refractivity contribution >= 4 is 28.3 Å². The molecule has 0 aliphatic carbocycles. The molecule has 4 rings (SSSR count). The highest BCUT2D eigenvalue weighted by Crippen LogP contribution is 2.27. The number of fused-ring (bicyclic) bond motifs is 1. The molecule has 0 aliphatic heterocycles. The van der Waals surface area contributed by atoms with E-state index >= 15 is 0 Å². The third-order valence-corrected chi connectivity index (χ3v) is 3.98. The lowest BCUT2D eigenvalue weighted by molar-refractivity contribution is 0.564. The fourth-order valence-corrected chi connectivity index (χ4v) is 2.78. The SMILES string of the molecule is [C-]#[N+]c1ccc(Cn2c(-c3ncco3)nc3ccc(Cl)cc32)cc1. The maximum Gasteiger partial charge on any atom is 0.263 e. The quantitative estimate of drug-likeness (QED) is 0.498. The van der Waals surface area contributed by atoms with Crippen molar-refractivity contribution in [3.63, 3.8) is 0 Å². The van der Waals surface area contributed by atoms with Gasteiger partial charge < -0.3 is 8.98 Å². The number of hydrogen-bond donors (Lipinski definition) is 0. The molecule has 0 radical (unpaired) electrons. The third kappa shape index (κ3) is 2.53. The Bertz CT molecular complexity index is 1040. The van der Waals surface area contributed by atoms with Crippen LogP contribution < -0.4 is 0 Å². The Morgan fingerprint density at radius 2 is 2.00 bits per heavy atom. The van der Waals surface area contributed by atoms with Gasteiger partial charge in [-0.05, 0) is 23.8 Å². The van der Waals surface area contributed by atoms with Crippen molar-refractivity contribution in [1.82, 2.24) is 14.5 Å². The van der Waals surface area contributed by atoms with Crippen molar-refractivity contribution in [3.05, 3.63) is 76.9 Å². The molecule has 0 spiro atoms. The lowest BCUT2D eigenvalue weighted by atomic mass is 10.2. The second kappa shape index (κ2) is 5.84. The summed E-state index contributed by atoms with van der Waals surface area (Å²) >= 11 is 6.15. The van der Waals surface area contributed by atoms with Gasteiger partial charge in [-0.15, -0.1) is 0 Å². The van der Waals surface area contributed by atoms with E-state index in [-0.39, 0.29) is 0 Å². The summed E-state index contributed by atoms with van der Waals surface area (Å²) in [6.07, 6.45) is 3.12. The molecule has 0 N–H and O–H groups in total. The molecule has 24 heavy (non-hydrogen) atoms. The average molecular weight is 335 g/mol. The fourth-order valence-electron chi connectivity index (χ4n) is 2.61. The molecule has 2 heterocycles. The van der Waals surface area contributed by atoms with E-state index in [0.717, 1.165) is 16.6 Å². The van der Waals surface area contributed by atoms with E-state index in [2.05, 4.69) is 14.8 Å². The summed E-state index contributed by atoms with van der Waals surface area (Å²) in [4.78, 5) is 12.3. The average Bonchev–Trinajstić information content (AvgIpc) is 3.24. The van der Waals surface area contributed by atoms with Gasteiger partial charge in [-0.1, -0.05) is 35.9 Å². The van der Waals surface area contributed by atoms with Gasteiger partial charge in [-0.3, -0.25) is 0 Å². The third-order valence-electron chi connectivity index (χ3n) is 3.74. The first kappa shape index (κ1) is 14.5. The van der Waals surface area contributed by atoms with Crippen LogP contribution in [-0.4, -0.2) is 14.5 Å². The Morgan fingerprint density at radius 1 is 1.17 bits per heavy atom. The van der Waals surface area contributed by atoms with Crippen LogP contribution in [0.3, 0.4) is 0 Å². The van der Waals surface area contributed by atoms with E-state index in [1.54, 1.807) is 18.3 Å². The Balaban J connectivity index is 1.86. The number of oxazole rings is 1. The van der Waals surface area contributed by atoms with Gasteiger partial charge in [0, 0.05) is 11.6 Å². The van der Waals surface area contributed by atoms with E-state index < -0.39 is 0 Å². The largest absolute Gasteiger partial charge is 0.442 e. The molecule has 0 aliphatic rings. The molecule has 0 bridgehead atoms. The highest BCUT2D eigenvalue weighted by molar-refractivity contribution is 6.31. The lowest BCUT2D eigenvalue weighted by Gasteiger charge is -2.08. The van der Waals surface area contributed by atoms with E-state index in [1.165, 1.54) is 6.26 Å². The van der Waals surface area contributed by atoms with Gasteiger partial charge in [0.05, 0.1) is 23.8 Å². The van der Waals surface area contributed by atoms with E-state index in [4.69, 9.17) is 22.6 Å². The number of halogens is 1. The van der Waals surface area contributed by atoms with Crippen LogP contribution in [0.4, 0.5) is 5.69 Å². The van der Waals surface area contributed by atoms with Crippen LogP contribution in [0.5, 0.6) is 0 Å². The van der Waals surface area contributed by atoms with Gasteiger partial charge in [0.1, 0.15) is 6.26 Å². The van der Waals surface area contributed by atoms with Gasteiger partial charge >= 0.3 is 0 Å². The van der Waals surface area contributed by atoms with Crippen molar-refractivity contribution in [1.29, 1.82) is 0 Å². The van der Waals surface area contributed by atoms with Gasteiger partial charge in [0.15, 0.2) is 11.5 Å². The molecule has 4 aromatic rings. The molecule has 116 valence electrons. The van der Waals surface area contributed by atoms with E-state index in [1.807, 2.05) is 34.9 Å². The van der Waals surface area contributed by atoms with Crippen molar-refractivity contribution < 1.29 is 4.42 Å².